The van der Waals surface area contributed by atoms with Gasteiger partial charge in [0, 0.05) is 30.2 Å². The van der Waals surface area contributed by atoms with Crippen LogP contribution in [0.5, 0.6) is 0 Å². The Morgan fingerprint density at radius 3 is 2.31 bits per heavy atom. The maximum absolute atomic E-state index is 13.1. The fourth-order valence-electron chi connectivity index (χ4n) is 3.26. The van der Waals surface area contributed by atoms with Gasteiger partial charge in [-0.2, -0.15) is 5.10 Å². The molecule has 11 heteroatoms. The molecule has 2 aromatic carbocycles. The Balaban J connectivity index is 1.52. The maximum atomic E-state index is 13.1. The third-order valence-corrected chi connectivity index (χ3v) is 6.40. The molecule has 1 amide bonds. The lowest BCUT2D eigenvalue weighted by molar-refractivity contribution is 0.101. The fraction of sp³-hybridized carbons (Fsp3) is 0.167. The largest absolute Gasteiger partial charge is 0.321 e. The fourth-order valence-corrected chi connectivity index (χ4v) is 4.22. The molecule has 0 atom stereocenters. The average molecular weight is 492 g/mol. The third-order valence-electron chi connectivity index (χ3n) is 5.06. The summed E-state index contributed by atoms with van der Waals surface area (Å²) < 4.78 is 29.1. The lowest BCUT2D eigenvalue weighted by Crippen LogP contribution is -2.23. The van der Waals surface area contributed by atoms with Crippen molar-refractivity contribution in [2.24, 2.45) is 0 Å². The van der Waals surface area contributed by atoms with Crippen LogP contribution in [0.4, 0.5) is 11.6 Å². The highest BCUT2D eigenvalue weighted by atomic mass is 32.2. The SMILES string of the molecule is CN(C)CCn1nc(-c2ccccc2)cc1C(=O)Nc1ccc(S(=O)(=O)Nc2ncccn2)cc1. The molecule has 4 aromatic rings. The molecule has 0 spiro atoms. The quantitative estimate of drug-likeness (QED) is 0.369. The normalized spacial score (nSPS) is 11.4. The number of anilines is 2. The number of hydrogen-bond acceptors (Lipinski definition) is 7. The molecule has 0 aliphatic rings. The summed E-state index contributed by atoms with van der Waals surface area (Å²) in [5.41, 5.74) is 2.47. The van der Waals surface area contributed by atoms with E-state index in [9.17, 15) is 13.2 Å². The summed E-state index contributed by atoms with van der Waals surface area (Å²) in [5, 5.41) is 7.46. The number of hydrogen-bond donors (Lipinski definition) is 2. The Labute approximate surface area is 203 Å². The predicted molar refractivity (Wildman–Crippen MR) is 133 cm³/mol. The molecular weight excluding hydrogens is 466 g/mol. The predicted octanol–water partition coefficient (Wildman–Crippen LogP) is 2.95. The van der Waals surface area contributed by atoms with Crippen molar-refractivity contribution in [3.63, 3.8) is 0 Å². The van der Waals surface area contributed by atoms with E-state index in [0.717, 1.165) is 5.56 Å². The number of nitrogens with zero attached hydrogens (tertiary/aromatic N) is 5. The van der Waals surface area contributed by atoms with E-state index in [-0.39, 0.29) is 16.8 Å². The van der Waals surface area contributed by atoms with Crippen LogP contribution in [0.1, 0.15) is 10.5 Å². The van der Waals surface area contributed by atoms with E-state index < -0.39 is 10.0 Å². The molecule has 0 saturated carbocycles. The Morgan fingerprint density at radius 1 is 0.971 bits per heavy atom. The molecule has 0 aliphatic heterocycles. The van der Waals surface area contributed by atoms with Crippen molar-refractivity contribution in [3.8, 4) is 11.3 Å². The van der Waals surface area contributed by atoms with Gasteiger partial charge in [0.25, 0.3) is 15.9 Å². The van der Waals surface area contributed by atoms with Gasteiger partial charge in [0.05, 0.1) is 17.1 Å². The van der Waals surface area contributed by atoms with Crippen molar-refractivity contribution in [1.29, 1.82) is 0 Å². The first-order chi connectivity index (χ1) is 16.8. The van der Waals surface area contributed by atoms with Gasteiger partial charge in [-0.05, 0) is 50.5 Å². The van der Waals surface area contributed by atoms with Crippen molar-refractivity contribution in [3.05, 3.63) is 84.8 Å². The minimum Gasteiger partial charge on any atom is -0.321 e. The summed E-state index contributed by atoms with van der Waals surface area (Å²) >= 11 is 0. The van der Waals surface area contributed by atoms with Crippen LogP contribution in [0.2, 0.25) is 0 Å². The van der Waals surface area contributed by atoms with Gasteiger partial charge in [0.2, 0.25) is 5.95 Å². The zero-order valence-corrected chi connectivity index (χ0v) is 20.1. The molecule has 2 heterocycles. The summed E-state index contributed by atoms with van der Waals surface area (Å²) in [6.45, 7) is 1.24. The van der Waals surface area contributed by atoms with Gasteiger partial charge in [-0.3, -0.25) is 9.48 Å². The first kappa shape index (κ1) is 24.0. The maximum Gasteiger partial charge on any atom is 0.273 e. The Hall–Kier alpha value is -4.09. The monoisotopic (exact) mass is 491 g/mol. The van der Waals surface area contributed by atoms with E-state index >= 15 is 0 Å². The number of carbonyl (C=O) groups is 1. The highest BCUT2D eigenvalue weighted by Crippen LogP contribution is 2.21. The highest BCUT2D eigenvalue weighted by Gasteiger charge is 2.18. The summed E-state index contributed by atoms with van der Waals surface area (Å²) in [6.07, 6.45) is 2.88. The number of carbonyl (C=O) groups excluding carboxylic acids is 1. The number of rotatable bonds is 9. The molecule has 2 aromatic heterocycles. The number of benzene rings is 2. The minimum atomic E-state index is -3.87. The molecule has 2 N–H and O–H groups in total. The average Bonchev–Trinajstić information content (AvgIpc) is 3.29. The van der Waals surface area contributed by atoms with Crippen LogP contribution >= 0.6 is 0 Å². The highest BCUT2D eigenvalue weighted by molar-refractivity contribution is 7.92. The molecule has 10 nitrogen and oxygen atoms in total. The second-order valence-corrected chi connectivity index (χ2v) is 9.65. The van der Waals surface area contributed by atoms with Crippen LogP contribution in [0.25, 0.3) is 11.3 Å². The van der Waals surface area contributed by atoms with Crippen molar-refractivity contribution in [1.82, 2.24) is 24.6 Å². The summed E-state index contributed by atoms with van der Waals surface area (Å²) in [5.74, 6) is -0.366. The molecule has 0 fully saturated rings. The zero-order valence-electron chi connectivity index (χ0n) is 19.3. The molecule has 0 saturated heterocycles. The molecule has 0 bridgehead atoms. The number of nitrogens with one attached hydrogen (secondary N) is 2. The molecular formula is C24H25N7O3S. The zero-order chi connectivity index (χ0) is 24.8. The van der Waals surface area contributed by atoms with Crippen LogP contribution in [0.15, 0.2) is 84.0 Å². The topological polar surface area (TPSA) is 122 Å². The standard InChI is InChI=1S/C24H25N7O3S/c1-30(2)15-16-31-22(17-21(28-31)18-7-4-3-5-8-18)23(32)27-19-9-11-20(12-10-19)35(33,34)29-24-25-13-6-14-26-24/h3-14,17H,15-16H2,1-2H3,(H,27,32)(H,25,26,29). The molecule has 4 rings (SSSR count). The van der Waals surface area contributed by atoms with E-state index in [1.165, 1.54) is 36.7 Å². The molecule has 0 radical (unpaired) electrons. The van der Waals surface area contributed by atoms with Crippen LogP contribution < -0.4 is 10.0 Å². The van der Waals surface area contributed by atoms with Crippen molar-refractivity contribution >= 4 is 27.6 Å². The van der Waals surface area contributed by atoms with Gasteiger partial charge in [-0.15, -0.1) is 0 Å². The van der Waals surface area contributed by atoms with Gasteiger partial charge >= 0.3 is 0 Å². The Kier molecular flexibility index (Phi) is 7.18. The van der Waals surface area contributed by atoms with Crippen LogP contribution in [-0.2, 0) is 16.6 Å². The second kappa shape index (κ2) is 10.5. The second-order valence-electron chi connectivity index (χ2n) is 7.96. The summed E-state index contributed by atoms with van der Waals surface area (Å²) in [6, 6.07) is 18.8. The molecule has 0 aliphatic carbocycles. The van der Waals surface area contributed by atoms with Crippen LogP contribution in [0, 0.1) is 0 Å². The molecule has 0 unspecified atom stereocenters. The number of likely N-dealkylation sites (N-methyl/N-ethyl adjacent to an activating group) is 1. The minimum absolute atomic E-state index is 0.0188. The van der Waals surface area contributed by atoms with E-state index in [2.05, 4.69) is 25.1 Å². The van der Waals surface area contributed by atoms with Gasteiger partial charge in [0.1, 0.15) is 5.69 Å². The number of sulfonamides is 1. The van der Waals surface area contributed by atoms with Crippen LogP contribution in [-0.4, -0.2) is 59.6 Å². The van der Waals surface area contributed by atoms with Gasteiger partial charge in [-0.1, -0.05) is 30.3 Å². The van der Waals surface area contributed by atoms with Crippen molar-refractivity contribution in [2.75, 3.05) is 30.7 Å². The van der Waals surface area contributed by atoms with E-state index in [0.29, 0.717) is 30.2 Å². The van der Waals surface area contributed by atoms with Crippen molar-refractivity contribution in [2.45, 2.75) is 11.4 Å². The van der Waals surface area contributed by atoms with E-state index in [1.54, 1.807) is 16.8 Å². The van der Waals surface area contributed by atoms with Gasteiger partial charge in [-0.25, -0.2) is 23.1 Å². The van der Waals surface area contributed by atoms with Gasteiger partial charge in [0.15, 0.2) is 0 Å². The van der Waals surface area contributed by atoms with E-state index in [4.69, 9.17) is 0 Å². The lowest BCUT2D eigenvalue weighted by Gasteiger charge is -2.12. The molecule has 35 heavy (non-hydrogen) atoms. The Morgan fingerprint density at radius 2 is 1.66 bits per heavy atom. The smallest absolute Gasteiger partial charge is 0.273 e. The number of amides is 1. The van der Waals surface area contributed by atoms with Crippen molar-refractivity contribution < 1.29 is 13.2 Å². The molecule has 180 valence electrons. The van der Waals surface area contributed by atoms with Crippen LogP contribution in [0.3, 0.4) is 0 Å². The first-order valence-corrected chi connectivity index (χ1v) is 12.3. The van der Waals surface area contributed by atoms with E-state index in [1.807, 2.05) is 49.3 Å². The Bertz CT molecular complexity index is 1390. The first-order valence-electron chi connectivity index (χ1n) is 10.8. The third kappa shape index (κ3) is 6.08. The lowest BCUT2D eigenvalue weighted by atomic mass is 10.1. The van der Waals surface area contributed by atoms with Gasteiger partial charge < -0.3 is 10.2 Å². The number of aromatic nitrogens is 4. The summed E-state index contributed by atoms with van der Waals surface area (Å²) in [4.78, 5) is 22.9. The summed E-state index contributed by atoms with van der Waals surface area (Å²) in [7, 11) is 0.0415.